The molecular weight excluding hydrogens is 394 g/mol. The first-order valence-corrected chi connectivity index (χ1v) is 10.6. The summed E-state index contributed by atoms with van der Waals surface area (Å²) in [4.78, 5) is 38.7. The van der Waals surface area contributed by atoms with E-state index in [1.165, 1.54) is 0 Å². The third-order valence-corrected chi connectivity index (χ3v) is 5.27. The molecule has 0 aliphatic heterocycles. The maximum Gasteiger partial charge on any atom is 0.324 e. The van der Waals surface area contributed by atoms with Gasteiger partial charge in [0.25, 0.3) is 5.91 Å². The number of imide groups is 1. The number of carbonyl (C=O) groups excluding carboxylic acids is 3. The van der Waals surface area contributed by atoms with Gasteiger partial charge < -0.3 is 4.90 Å². The zero-order valence-electron chi connectivity index (χ0n) is 18.1. The first kappa shape index (κ1) is 24.1. The van der Waals surface area contributed by atoms with Crippen molar-refractivity contribution in [2.24, 2.45) is 11.8 Å². The minimum absolute atomic E-state index is 0.0989. The van der Waals surface area contributed by atoms with Crippen molar-refractivity contribution in [3.05, 3.63) is 71.8 Å². The van der Waals surface area contributed by atoms with E-state index in [0.29, 0.717) is 37.9 Å². The van der Waals surface area contributed by atoms with E-state index >= 15 is 0 Å². The lowest BCUT2D eigenvalue weighted by molar-refractivity contribution is -0.133. The maximum atomic E-state index is 12.9. The molecule has 0 aromatic heterocycles. The lowest BCUT2D eigenvalue weighted by Crippen LogP contribution is -2.44. The van der Waals surface area contributed by atoms with Crippen LogP contribution >= 0.6 is 0 Å². The average molecular weight is 426 g/mol. The zero-order chi connectivity index (χ0) is 22.6. The van der Waals surface area contributed by atoms with E-state index in [-0.39, 0.29) is 17.7 Å². The second kappa shape index (κ2) is 12.5. The summed E-state index contributed by atoms with van der Waals surface area (Å²) in [6.07, 6.45) is 1.93. The summed E-state index contributed by atoms with van der Waals surface area (Å²) >= 11 is 0. The second-order valence-electron chi connectivity index (χ2n) is 7.76. The summed E-state index contributed by atoms with van der Waals surface area (Å²) in [7, 11) is 0. The molecule has 4 amide bonds. The van der Waals surface area contributed by atoms with Gasteiger partial charge in [0.15, 0.2) is 0 Å². The summed E-state index contributed by atoms with van der Waals surface area (Å²) in [5.74, 6) is -1.01. The van der Waals surface area contributed by atoms with Crippen molar-refractivity contribution in [1.29, 1.82) is 0 Å². The summed E-state index contributed by atoms with van der Waals surface area (Å²) in [6, 6.07) is 17.7. The predicted molar refractivity (Wildman–Crippen MR) is 118 cm³/mol. The van der Waals surface area contributed by atoms with Gasteiger partial charge in [-0.2, -0.15) is 0 Å². The lowest BCUT2D eigenvalue weighted by atomic mass is 9.94. The number of benzene rings is 2. The highest BCUT2D eigenvalue weighted by atomic mass is 16.5. The molecule has 0 fully saturated rings. The van der Waals surface area contributed by atoms with Gasteiger partial charge in [-0.05, 0) is 42.9 Å². The SMILES string of the molecule is CCC(CCC(C)CN(Cc1ccccc1)C(=O)NC(=O)c1ccccc1)C(=O)NO. The Kier molecular flexibility index (Phi) is 9.71. The maximum absolute atomic E-state index is 12.9. The highest BCUT2D eigenvalue weighted by Gasteiger charge is 2.22. The van der Waals surface area contributed by atoms with Gasteiger partial charge in [0.1, 0.15) is 0 Å². The molecular formula is C24H31N3O4. The smallest absolute Gasteiger partial charge is 0.320 e. The highest BCUT2D eigenvalue weighted by molar-refractivity contribution is 6.04. The lowest BCUT2D eigenvalue weighted by Gasteiger charge is -2.27. The van der Waals surface area contributed by atoms with Crippen LogP contribution in [0.15, 0.2) is 60.7 Å². The molecule has 2 aromatic rings. The van der Waals surface area contributed by atoms with Gasteiger partial charge in [-0.25, -0.2) is 10.3 Å². The van der Waals surface area contributed by atoms with Crippen LogP contribution in [-0.2, 0) is 11.3 Å². The van der Waals surface area contributed by atoms with E-state index in [1.807, 2.05) is 50.2 Å². The Bertz CT molecular complexity index is 842. The standard InChI is InChI=1S/C24H31N3O4/c1-3-20(23(29)26-31)15-14-18(2)16-27(17-19-10-6-4-7-11-19)24(30)25-22(28)21-12-8-5-9-13-21/h4-13,18,20,31H,3,14-17H2,1-2H3,(H,26,29)(H,25,28,30). The fourth-order valence-corrected chi connectivity index (χ4v) is 3.43. The fourth-order valence-electron chi connectivity index (χ4n) is 3.43. The van der Waals surface area contributed by atoms with E-state index in [0.717, 1.165) is 5.56 Å². The number of rotatable bonds is 10. The molecule has 31 heavy (non-hydrogen) atoms. The van der Waals surface area contributed by atoms with Gasteiger partial charge in [0.2, 0.25) is 5.91 Å². The second-order valence-corrected chi connectivity index (χ2v) is 7.76. The minimum atomic E-state index is -0.454. The Balaban J connectivity index is 2.04. The molecule has 7 nitrogen and oxygen atoms in total. The average Bonchev–Trinajstić information content (AvgIpc) is 2.80. The van der Waals surface area contributed by atoms with Gasteiger partial charge >= 0.3 is 6.03 Å². The van der Waals surface area contributed by atoms with Crippen LogP contribution in [0.1, 0.15) is 49.0 Å². The number of carbonyl (C=O) groups is 3. The first-order chi connectivity index (χ1) is 14.9. The largest absolute Gasteiger partial charge is 0.324 e. The molecule has 0 aliphatic rings. The Labute approximate surface area is 183 Å². The van der Waals surface area contributed by atoms with Crippen LogP contribution in [0.5, 0.6) is 0 Å². The summed E-state index contributed by atoms with van der Waals surface area (Å²) < 4.78 is 0. The van der Waals surface area contributed by atoms with Crippen molar-refractivity contribution in [3.63, 3.8) is 0 Å². The van der Waals surface area contributed by atoms with Crippen molar-refractivity contribution >= 4 is 17.8 Å². The monoisotopic (exact) mass is 425 g/mol. The van der Waals surface area contributed by atoms with Crippen LogP contribution < -0.4 is 10.8 Å². The molecule has 2 rings (SSSR count). The number of hydrogen-bond donors (Lipinski definition) is 3. The summed E-state index contributed by atoms with van der Waals surface area (Å²) in [6.45, 7) is 4.70. The Hall–Kier alpha value is -3.19. The van der Waals surface area contributed by atoms with E-state index in [1.54, 1.807) is 34.6 Å². The molecule has 3 N–H and O–H groups in total. The van der Waals surface area contributed by atoms with Crippen LogP contribution in [0.25, 0.3) is 0 Å². The van der Waals surface area contributed by atoms with Gasteiger partial charge in [-0.15, -0.1) is 0 Å². The first-order valence-electron chi connectivity index (χ1n) is 10.6. The molecule has 0 heterocycles. The van der Waals surface area contributed by atoms with E-state index < -0.39 is 11.9 Å². The molecule has 0 spiro atoms. The van der Waals surface area contributed by atoms with Crippen LogP contribution in [0, 0.1) is 11.8 Å². The third kappa shape index (κ3) is 7.86. The topological polar surface area (TPSA) is 98.7 Å². The minimum Gasteiger partial charge on any atom is -0.320 e. The van der Waals surface area contributed by atoms with Gasteiger partial charge in [0.05, 0.1) is 0 Å². The molecule has 0 radical (unpaired) electrons. The van der Waals surface area contributed by atoms with Gasteiger partial charge in [-0.3, -0.25) is 20.1 Å². The van der Waals surface area contributed by atoms with Gasteiger partial charge in [-0.1, -0.05) is 62.4 Å². The van der Waals surface area contributed by atoms with Crippen molar-refractivity contribution in [2.75, 3.05) is 6.54 Å². The Morgan fingerprint density at radius 1 is 0.968 bits per heavy atom. The van der Waals surface area contributed by atoms with E-state index in [9.17, 15) is 14.4 Å². The highest BCUT2D eigenvalue weighted by Crippen LogP contribution is 2.18. The number of nitrogens with zero attached hydrogens (tertiary/aromatic N) is 1. The summed E-state index contributed by atoms with van der Waals surface area (Å²) in [5.41, 5.74) is 3.10. The van der Waals surface area contributed by atoms with Crippen molar-refractivity contribution in [3.8, 4) is 0 Å². The molecule has 166 valence electrons. The quantitative estimate of drug-likeness (QED) is 0.396. The predicted octanol–water partition coefficient (Wildman–Crippen LogP) is 3.99. The normalized spacial score (nSPS) is 12.5. The van der Waals surface area contributed by atoms with Crippen LogP contribution in [-0.4, -0.2) is 34.5 Å². The van der Waals surface area contributed by atoms with Crippen LogP contribution in [0.2, 0.25) is 0 Å². The zero-order valence-corrected chi connectivity index (χ0v) is 18.1. The van der Waals surface area contributed by atoms with Crippen LogP contribution in [0.3, 0.4) is 0 Å². The number of urea groups is 1. The molecule has 0 saturated carbocycles. The number of amides is 4. The fraction of sp³-hybridized carbons (Fsp3) is 0.375. The molecule has 0 bridgehead atoms. The Morgan fingerprint density at radius 3 is 2.16 bits per heavy atom. The number of hydrogen-bond acceptors (Lipinski definition) is 4. The molecule has 7 heteroatoms. The van der Waals surface area contributed by atoms with Crippen molar-refractivity contribution in [2.45, 2.75) is 39.7 Å². The molecule has 2 aromatic carbocycles. The van der Waals surface area contributed by atoms with E-state index in [4.69, 9.17) is 5.21 Å². The molecule has 2 unspecified atom stereocenters. The number of hydroxylamine groups is 1. The summed E-state index contributed by atoms with van der Waals surface area (Å²) in [5, 5.41) is 11.3. The third-order valence-electron chi connectivity index (χ3n) is 5.27. The van der Waals surface area contributed by atoms with E-state index in [2.05, 4.69) is 5.32 Å². The van der Waals surface area contributed by atoms with Crippen molar-refractivity contribution < 1.29 is 19.6 Å². The molecule has 2 atom stereocenters. The van der Waals surface area contributed by atoms with Crippen LogP contribution in [0.4, 0.5) is 4.79 Å². The van der Waals surface area contributed by atoms with Crippen molar-refractivity contribution in [1.82, 2.24) is 15.7 Å². The number of nitrogens with one attached hydrogen (secondary N) is 2. The molecule has 0 aliphatic carbocycles. The Morgan fingerprint density at radius 2 is 1.58 bits per heavy atom. The molecule has 0 saturated heterocycles. The van der Waals surface area contributed by atoms with Gasteiger partial charge in [0, 0.05) is 24.6 Å².